The summed E-state index contributed by atoms with van der Waals surface area (Å²) in [4.78, 5) is 0. The standard InChI is InChI=1S/C19H15F2N5O/c1-22-10-17-24-26-19(27-17)12-8-14-16(23-25-18(14)15(21)9-12)7-4-11-2-5-13(20)6-3-11/h2-9,22H,10H2,1H3,(H,23,25)/b7-4+. The Balaban J connectivity index is 1.72. The second kappa shape index (κ2) is 7.08. The molecule has 8 heteroatoms. The molecule has 0 unspecified atom stereocenters. The molecule has 4 rings (SSSR count). The van der Waals surface area contributed by atoms with Gasteiger partial charge in [0.1, 0.15) is 11.3 Å². The monoisotopic (exact) mass is 367 g/mol. The highest BCUT2D eigenvalue weighted by Gasteiger charge is 2.15. The zero-order valence-electron chi connectivity index (χ0n) is 14.3. The van der Waals surface area contributed by atoms with E-state index in [9.17, 15) is 8.78 Å². The maximum absolute atomic E-state index is 14.5. The molecule has 0 saturated carbocycles. The van der Waals surface area contributed by atoms with Crippen LogP contribution in [-0.4, -0.2) is 27.4 Å². The second-order valence-corrected chi connectivity index (χ2v) is 5.91. The van der Waals surface area contributed by atoms with Crippen molar-refractivity contribution in [3.8, 4) is 11.5 Å². The molecule has 0 aliphatic heterocycles. The van der Waals surface area contributed by atoms with Crippen LogP contribution >= 0.6 is 0 Å². The number of benzene rings is 2. The number of nitrogens with one attached hydrogen (secondary N) is 2. The number of halogens is 2. The Morgan fingerprint density at radius 2 is 1.93 bits per heavy atom. The van der Waals surface area contributed by atoms with E-state index in [1.54, 1.807) is 37.4 Å². The van der Waals surface area contributed by atoms with Crippen molar-refractivity contribution in [3.63, 3.8) is 0 Å². The van der Waals surface area contributed by atoms with Crippen LogP contribution in [0.5, 0.6) is 0 Å². The zero-order valence-corrected chi connectivity index (χ0v) is 14.3. The average molecular weight is 367 g/mol. The molecule has 2 heterocycles. The molecular formula is C19H15F2N5O. The summed E-state index contributed by atoms with van der Waals surface area (Å²) in [5.41, 5.74) is 2.11. The summed E-state index contributed by atoms with van der Waals surface area (Å²) < 4.78 is 33.0. The molecule has 6 nitrogen and oxygen atoms in total. The summed E-state index contributed by atoms with van der Waals surface area (Å²) >= 11 is 0. The van der Waals surface area contributed by atoms with Gasteiger partial charge in [-0.1, -0.05) is 18.2 Å². The summed E-state index contributed by atoms with van der Waals surface area (Å²) in [6, 6.07) is 9.11. The van der Waals surface area contributed by atoms with Crippen molar-refractivity contribution < 1.29 is 13.2 Å². The van der Waals surface area contributed by atoms with Crippen LogP contribution < -0.4 is 5.32 Å². The van der Waals surface area contributed by atoms with Gasteiger partial charge in [-0.25, -0.2) is 8.78 Å². The summed E-state index contributed by atoms with van der Waals surface area (Å²) in [6.07, 6.45) is 3.54. The van der Waals surface area contributed by atoms with E-state index in [0.717, 1.165) is 5.56 Å². The first-order valence-electron chi connectivity index (χ1n) is 8.22. The third kappa shape index (κ3) is 3.47. The Kier molecular flexibility index (Phi) is 4.47. The molecule has 0 aliphatic rings. The van der Waals surface area contributed by atoms with E-state index in [2.05, 4.69) is 25.7 Å². The molecule has 2 aromatic heterocycles. The average Bonchev–Trinajstić information content (AvgIpc) is 3.29. The first kappa shape index (κ1) is 17.0. The smallest absolute Gasteiger partial charge is 0.247 e. The number of fused-ring (bicyclic) bond motifs is 1. The number of hydrogen-bond donors (Lipinski definition) is 2. The number of aromatic amines is 1. The lowest BCUT2D eigenvalue weighted by Crippen LogP contribution is -2.04. The number of H-pyrrole nitrogens is 1. The largest absolute Gasteiger partial charge is 0.419 e. The predicted octanol–water partition coefficient (Wildman–Crippen LogP) is 3.78. The first-order valence-corrected chi connectivity index (χ1v) is 8.22. The van der Waals surface area contributed by atoms with Crippen molar-refractivity contribution in [2.45, 2.75) is 6.54 Å². The van der Waals surface area contributed by atoms with Gasteiger partial charge in [-0.2, -0.15) is 5.10 Å². The van der Waals surface area contributed by atoms with Crippen LogP contribution in [-0.2, 0) is 6.54 Å². The van der Waals surface area contributed by atoms with Gasteiger partial charge in [0.25, 0.3) is 0 Å². The predicted molar refractivity (Wildman–Crippen MR) is 97.4 cm³/mol. The molecule has 0 radical (unpaired) electrons. The van der Waals surface area contributed by atoms with Crippen molar-refractivity contribution >= 4 is 23.1 Å². The van der Waals surface area contributed by atoms with Crippen molar-refractivity contribution in [1.82, 2.24) is 25.7 Å². The fraction of sp³-hybridized carbons (Fsp3) is 0.105. The Labute approximate surface area is 152 Å². The molecule has 0 spiro atoms. The summed E-state index contributed by atoms with van der Waals surface area (Å²) in [7, 11) is 1.76. The number of aromatic nitrogens is 4. The number of nitrogens with zero attached hydrogens (tertiary/aromatic N) is 3. The molecule has 0 aliphatic carbocycles. The van der Waals surface area contributed by atoms with E-state index in [4.69, 9.17) is 4.42 Å². The fourth-order valence-corrected chi connectivity index (χ4v) is 2.69. The number of rotatable bonds is 5. The third-order valence-corrected chi connectivity index (χ3v) is 4.00. The van der Waals surface area contributed by atoms with Gasteiger partial charge in [-0.3, -0.25) is 5.10 Å². The lowest BCUT2D eigenvalue weighted by Gasteiger charge is -1.98. The molecular weight excluding hydrogens is 352 g/mol. The van der Waals surface area contributed by atoms with Crippen LogP contribution in [0.15, 0.2) is 40.8 Å². The Morgan fingerprint density at radius 1 is 1.11 bits per heavy atom. The van der Waals surface area contributed by atoms with E-state index < -0.39 is 5.82 Å². The van der Waals surface area contributed by atoms with Gasteiger partial charge >= 0.3 is 0 Å². The molecule has 0 amide bonds. The van der Waals surface area contributed by atoms with Crippen LogP contribution in [0.2, 0.25) is 0 Å². The maximum Gasteiger partial charge on any atom is 0.247 e. The van der Waals surface area contributed by atoms with Gasteiger partial charge < -0.3 is 9.73 Å². The highest BCUT2D eigenvalue weighted by atomic mass is 19.1. The van der Waals surface area contributed by atoms with Crippen molar-refractivity contribution in [2.75, 3.05) is 7.05 Å². The molecule has 136 valence electrons. The van der Waals surface area contributed by atoms with E-state index >= 15 is 0 Å². The van der Waals surface area contributed by atoms with Gasteiger partial charge in [-0.05, 0) is 43.0 Å². The Bertz CT molecular complexity index is 1120. The highest BCUT2D eigenvalue weighted by molar-refractivity contribution is 5.92. The van der Waals surface area contributed by atoms with Crippen LogP contribution in [0.1, 0.15) is 17.1 Å². The molecule has 2 N–H and O–H groups in total. The minimum Gasteiger partial charge on any atom is -0.419 e. The van der Waals surface area contributed by atoms with E-state index in [-0.39, 0.29) is 17.2 Å². The first-order chi connectivity index (χ1) is 13.1. The van der Waals surface area contributed by atoms with E-state index in [0.29, 0.717) is 29.1 Å². The fourth-order valence-electron chi connectivity index (χ4n) is 2.69. The Morgan fingerprint density at radius 3 is 2.70 bits per heavy atom. The minimum atomic E-state index is -0.492. The number of hydrogen-bond acceptors (Lipinski definition) is 5. The second-order valence-electron chi connectivity index (χ2n) is 5.91. The van der Waals surface area contributed by atoms with Crippen LogP contribution in [0.4, 0.5) is 8.78 Å². The minimum absolute atomic E-state index is 0.215. The Hall–Kier alpha value is -3.39. The SMILES string of the molecule is CNCc1nnc(-c2cc(F)c3n[nH]c(/C=C/c4ccc(F)cc4)c3c2)o1. The topological polar surface area (TPSA) is 79.6 Å². The quantitative estimate of drug-likeness (QED) is 0.561. The van der Waals surface area contributed by atoms with Gasteiger partial charge in [0.15, 0.2) is 5.82 Å². The zero-order chi connectivity index (χ0) is 18.8. The summed E-state index contributed by atoms with van der Waals surface area (Å²) in [6.45, 7) is 0.426. The van der Waals surface area contributed by atoms with Crippen molar-refractivity contribution in [1.29, 1.82) is 0 Å². The molecule has 27 heavy (non-hydrogen) atoms. The lowest BCUT2D eigenvalue weighted by molar-refractivity contribution is 0.490. The molecule has 0 bridgehead atoms. The maximum atomic E-state index is 14.5. The van der Waals surface area contributed by atoms with Crippen molar-refractivity contribution in [3.05, 3.63) is 65.2 Å². The van der Waals surface area contributed by atoms with Gasteiger partial charge in [-0.15, -0.1) is 10.2 Å². The normalized spacial score (nSPS) is 11.7. The summed E-state index contributed by atoms with van der Waals surface area (Å²) in [5, 5.41) is 18.2. The van der Waals surface area contributed by atoms with E-state index in [1.807, 2.05) is 0 Å². The van der Waals surface area contributed by atoms with Crippen LogP contribution in [0, 0.1) is 11.6 Å². The molecule has 2 aromatic carbocycles. The lowest BCUT2D eigenvalue weighted by atomic mass is 10.1. The van der Waals surface area contributed by atoms with Gasteiger partial charge in [0, 0.05) is 10.9 Å². The van der Waals surface area contributed by atoms with Crippen molar-refractivity contribution in [2.24, 2.45) is 0 Å². The van der Waals surface area contributed by atoms with E-state index in [1.165, 1.54) is 18.2 Å². The molecule has 0 saturated heterocycles. The third-order valence-electron chi connectivity index (χ3n) is 4.00. The summed E-state index contributed by atoms with van der Waals surface area (Å²) in [5.74, 6) is -0.149. The molecule has 4 aromatic rings. The van der Waals surface area contributed by atoms with Gasteiger partial charge in [0.2, 0.25) is 11.8 Å². The highest BCUT2D eigenvalue weighted by Crippen LogP contribution is 2.28. The van der Waals surface area contributed by atoms with Crippen LogP contribution in [0.25, 0.3) is 34.5 Å². The molecule has 0 fully saturated rings. The molecule has 0 atom stereocenters. The van der Waals surface area contributed by atoms with Crippen LogP contribution in [0.3, 0.4) is 0 Å². The van der Waals surface area contributed by atoms with Gasteiger partial charge in [0.05, 0.1) is 12.2 Å².